The van der Waals surface area contributed by atoms with E-state index in [2.05, 4.69) is 22.0 Å². The second-order valence-electron chi connectivity index (χ2n) is 10.0. The Labute approximate surface area is 252 Å². The number of piperazine rings is 1. The molecule has 0 aliphatic carbocycles. The molecule has 40 heavy (non-hydrogen) atoms. The van der Waals surface area contributed by atoms with Gasteiger partial charge in [-0.15, -0.1) is 0 Å². The number of amides is 2. The second-order valence-corrected chi connectivity index (χ2v) is 11.2. The molecule has 2 aromatic rings. The molecule has 0 aromatic heterocycles. The summed E-state index contributed by atoms with van der Waals surface area (Å²) in [5.41, 5.74) is 1.18. The van der Waals surface area contributed by atoms with E-state index < -0.39 is 6.04 Å². The third-order valence-electron chi connectivity index (χ3n) is 7.26. The zero-order valence-electron chi connectivity index (χ0n) is 23.1. The first-order chi connectivity index (χ1) is 19.3. The number of hydrogen-bond acceptors (Lipinski definition) is 6. The lowest BCUT2D eigenvalue weighted by molar-refractivity contribution is -0.124. The zero-order chi connectivity index (χ0) is 28.6. The summed E-state index contributed by atoms with van der Waals surface area (Å²) in [7, 11) is 0. The van der Waals surface area contributed by atoms with Gasteiger partial charge in [-0.3, -0.25) is 14.5 Å². The van der Waals surface area contributed by atoms with Gasteiger partial charge in [-0.2, -0.15) is 0 Å². The summed E-state index contributed by atoms with van der Waals surface area (Å²) in [6.07, 6.45) is 1.72. The van der Waals surface area contributed by atoms with Crippen molar-refractivity contribution >= 4 is 63.7 Å². The van der Waals surface area contributed by atoms with Gasteiger partial charge in [-0.05, 0) is 80.6 Å². The molecular weight excluding hydrogens is 569 g/mol. The minimum atomic E-state index is -0.717. The predicted molar refractivity (Wildman–Crippen MR) is 166 cm³/mol. The van der Waals surface area contributed by atoms with Crippen LogP contribution in [0.15, 0.2) is 42.5 Å². The predicted octanol–water partition coefficient (Wildman–Crippen LogP) is 5.14. The molecule has 0 unspecified atom stereocenters. The van der Waals surface area contributed by atoms with E-state index in [9.17, 15) is 9.59 Å². The first-order valence-electron chi connectivity index (χ1n) is 13.9. The minimum Gasteiger partial charge on any atom is -0.494 e. The van der Waals surface area contributed by atoms with Crippen LogP contribution in [0.5, 0.6) is 5.75 Å². The topological polar surface area (TPSA) is 68.4 Å². The van der Waals surface area contributed by atoms with Crippen LogP contribution in [0, 0.1) is 0 Å². The molecule has 0 bridgehead atoms. The molecule has 2 saturated heterocycles. The van der Waals surface area contributed by atoms with Crippen LogP contribution in [0.1, 0.15) is 33.1 Å². The van der Waals surface area contributed by atoms with Crippen molar-refractivity contribution in [1.82, 2.24) is 14.7 Å². The van der Waals surface area contributed by atoms with Crippen molar-refractivity contribution < 1.29 is 14.3 Å². The standard InChI is InChI=1S/C29H37Cl2N5O3S/c1-3-18-39-23-9-6-21(7-10-23)32-27(37)20-26-28(38)36(22-8-11-24(30)25(31)19-22)29(40)35(26)13-5-12-34-16-14-33(4-2)15-17-34/h6-11,19,26H,3-5,12-18,20H2,1-2H3,(H,32,37)/t26-/m0/s1. The number of ether oxygens (including phenoxy) is 1. The Kier molecular flexibility index (Phi) is 11.0. The third-order valence-corrected chi connectivity index (χ3v) is 8.41. The quantitative estimate of drug-likeness (QED) is 0.336. The number of thiocarbonyl (C=S) groups is 1. The molecule has 2 aliphatic heterocycles. The van der Waals surface area contributed by atoms with Gasteiger partial charge in [0.25, 0.3) is 5.91 Å². The van der Waals surface area contributed by atoms with E-state index in [-0.39, 0.29) is 18.2 Å². The van der Waals surface area contributed by atoms with Crippen LogP contribution < -0.4 is 15.0 Å². The number of nitrogens with zero attached hydrogens (tertiary/aromatic N) is 4. The van der Waals surface area contributed by atoms with E-state index in [1.807, 2.05) is 24.0 Å². The van der Waals surface area contributed by atoms with Gasteiger partial charge >= 0.3 is 0 Å². The first kappa shape index (κ1) is 30.5. The number of halogens is 2. The number of likely N-dealkylation sites (N-methyl/N-ethyl adjacent to an activating group) is 1. The lowest BCUT2D eigenvalue weighted by Gasteiger charge is -2.34. The van der Waals surface area contributed by atoms with Gasteiger partial charge in [-0.1, -0.05) is 37.0 Å². The zero-order valence-corrected chi connectivity index (χ0v) is 25.4. The maximum atomic E-state index is 13.7. The molecule has 2 amide bonds. The highest BCUT2D eigenvalue weighted by molar-refractivity contribution is 7.80. The van der Waals surface area contributed by atoms with Gasteiger partial charge in [0.05, 0.1) is 28.8 Å². The molecule has 11 heteroatoms. The van der Waals surface area contributed by atoms with Gasteiger partial charge < -0.3 is 24.8 Å². The number of nitrogens with one attached hydrogen (secondary N) is 1. The fourth-order valence-electron chi connectivity index (χ4n) is 4.98. The van der Waals surface area contributed by atoms with Crippen LogP contribution in [-0.4, -0.2) is 90.1 Å². The molecule has 216 valence electrons. The Hall–Kier alpha value is -2.43. The molecule has 1 N–H and O–H groups in total. The second kappa shape index (κ2) is 14.5. The van der Waals surface area contributed by atoms with E-state index >= 15 is 0 Å². The van der Waals surface area contributed by atoms with Gasteiger partial charge in [0.15, 0.2) is 5.11 Å². The number of carbonyl (C=O) groups excluding carboxylic acids is 2. The van der Waals surface area contributed by atoms with E-state index in [4.69, 9.17) is 40.2 Å². The summed E-state index contributed by atoms with van der Waals surface area (Å²) in [5, 5.41) is 4.01. The average Bonchev–Trinajstić information content (AvgIpc) is 3.18. The summed E-state index contributed by atoms with van der Waals surface area (Å²) >= 11 is 18.2. The van der Waals surface area contributed by atoms with Crippen LogP contribution >= 0.6 is 35.4 Å². The van der Waals surface area contributed by atoms with Crippen molar-refractivity contribution in [1.29, 1.82) is 0 Å². The molecule has 1 atom stereocenters. The molecule has 4 rings (SSSR count). The summed E-state index contributed by atoms with van der Waals surface area (Å²) in [6.45, 7) is 11.6. The van der Waals surface area contributed by atoms with Gasteiger partial charge in [0.2, 0.25) is 5.91 Å². The molecule has 0 spiro atoms. The summed E-state index contributed by atoms with van der Waals surface area (Å²) in [4.78, 5) is 35.0. The van der Waals surface area contributed by atoms with Crippen molar-refractivity contribution in [2.45, 2.75) is 39.2 Å². The highest BCUT2D eigenvalue weighted by Gasteiger charge is 2.44. The van der Waals surface area contributed by atoms with Gasteiger partial charge in [0, 0.05) is 38.4 Å². The lowest BCUT2D eigenvalue weighted by Crippen LogP contribution is -2.47. The SMILES string of the molecule is CCCOc1ccc(NC(=O)C[C@H]2C(=O)N(c3ccc(Cl)c(Cl)c3)C(=S)N2CCCN2CCN(CC)CC2)cc1. The highest BCUT2D eigenvalue weighted by atomic mass is 35.5. The largest absolute Gasteiger partial charge is 0.494 e. The van der Waals surface area contributed by atoms with Crippen molar-refractivity contribution in [2.24, 2.45) is 0 Å². The number of carbonyl (C=O) groups is 2. The Morgan fingerprint density at radius 2 is 1.70 bits per heavy atom. The minimum absolute atomic E-state index is 0.0277. The summed E-state index contributed by atoms with van der Waals surface area (Å²) in [5.74, 6) is 0.231. The Morgan fingerprint density at radius 3 is 2.35 bits per heavy atom. The third kappa shape index (κ3) is 7.64. The molecular formula is C29H37Cl2N5O3S. The smallest absolute Gasteiger partial charge is 0.256 e. The number of benzene rings is 2. The Morgan fingerprint density at radius 1 is 1.00 bits per heavy atom. The first-order valence-corrected chi connectivity index (χ1v) is 15.0. The monoisotopic (exact) mass is 605 g/mol. The van der Waals surface area contributed by atoms with Crippen molar-refractivity contribution in [3.8, 4) is 5.75 Å². The molecule has 2 fully saturated rings. The molecule has 2 aliphatic rings. The van der Waals surface area contributed by atoms with Crippen LogP contribution in [0.4, 0.5) is 11.4 Å². The number of rotatable bonds is 12. The fourth-order valence-corrected chi connectivity index (χ4v) is 5.69. The fraction of sp³-hybridized carbons (Fsp3) is 0.483. The van der Waals surface area contributed by atoms with Crippen LogP contribution in [0.2, 0.25) is 10.0 Å². The summed E-state index contributed by atoms with van der Waals surface area (Å²) in [6, 6.07) is 11.5. The van der Waals surface area contributed by atoms with E-state index in [1.54, 1.807) is 30.3 Å². The normalized spacial score (nSPS) is 18.4. The van der Waals surface area contributed by atoms with Crippen molar-refractivity contribution in [3.05, 3.63) is 52.5 Å². The molecule has 0 radical (unpaired) electrons. The molecule has 2 aromatic carbocycles. The summed E-state index contributed by atoms with van der Waals surface area (Å²) < 4.78 is 5.62. The maximum Gasteiger partial charge on any atom is 0.256 e. The molecule has 2 heterocycles. The van der Waals surface area contributed by atoms with Crippen LogP contribution in [0.3, 0.4) is 0 Å². The van der Waals surface area contributed by atoms with Crippen molar-refractivity contribution in [2.75, 3.05) is 62.6 Å². The Balaban J connectivity index is 1.44. The van der Waals surface area contributed by atoms with Crippen LogP contribution in [0.25, 0.3) is 0 Å². The van der Waals surface area contributed by atoms with Crippen LogP contribution in [-0.2, 0) is 9.59 Å². The van der Waals surface area contributed by atoms with E-state index in [1.165, 1.54) is 4.90 Å². The lowest BCUT2D eigenvalue weighted by atomic mass is 10.1. The number of anilines is 2. The van der Waals surface area contributed by atoms with Gasteiger partial charge in [0.1, 0.15) is 11.8 Å². The Bertz CT molecular complexity index is 1190. The number of hydrogen-bond donors (Lipinski definition) is 1. The van der Waals surface area contributed by atoms with Gasteiger partial charge in [-0.25, -0.2) is 0 Å². The van der Waals surface area contributed by atoms with E-state index in [0.29, 0.717) is 39.7 Å². The van der Waals surface area contributed by atoms with Crippen molar-refractivity contribution in [3.63, 3.8) is 0 Å². The average molecular weight is 607 g/mol. The maximum absolute atomic E-state index is 13.7. The molecule has 0 saturated carbocycles. The van der Waals surface area contributed by atoms with E-state index in [0.717, 1.165) is 57.9 Å². The highest BCUT2D eigenvalue weighted by Crippen LogP contribution is 2.32. The molecule has 8 nitrogen and oxygen atoms in total.